The van der Waals surface area contributed by atoms with Crippen molar-refractivity contribution in [1.29, 1.82) is 0 Å². The van der Waals surface area contributed by atoms with Crippen molar-refractivity contribution in [2.45, 2.75) is 45.4 Å². The number of esters is 2. The fourth-order valence-electron chi connectivity index (χ4n) is 2.31. The number of Topliss-reactive ketones (excluding diaryl/α,β-unsaturated/α-hetero) is 1. The average molecular weight is 336 g/mol. The number of carbonyl (C=O) groups excluding carboxylic acids is 3. The Labute approximate surface area is 139 Å². The van der Waals surface area contributed by atoms with E-state index in [1.165, 1.54) is 13.8 Å². The van der Waals surface area contributed by atoms with Crippen LogP contribution in [0.25, 0.3) is 0 Å². The van der Waals surface area contributed by atoms with Crippen LogP contribution in [-0.2, 0) is 39.9 Å². The van der Waals surface area contributed by atoms with E-state index in [-0.39, 0.29) is 25.4 Å². The van der Waals surface area contributed by atoms with Gasteiger partial charge in [-0.05, 0) is 5.56 Å². The van der Waals surface area contributed by atoms with Gasteiger partial charge in [0.25, 0.3) is 0 Å². The van der Waals surface area contributed by atoms with Gasteiger partial charge in [0.15, 0.2) is 18.2 Å². The Morgan fingerprint density at radius 3 is 2.50 bits per heavy atom. The predicted octanol–water partition coefficient (Wildman–Crippen LogP) is 1.38. The number of benzene rings is 1. The summed E-state index contributed by atoms with van der Waals surface area (Å²) in [6.07, 6.45) is -2.82. The molecule has 24 heavy (non-hydrogen) atoms. The van der Waals surface area contributed by atoms with Crippen molar-refractivity contribution in [1.82, 2.24) is 0 Å². The summed E-state index contributed by atoms with van der Waals surface area (Å²) in [5, 5.41) is 0. The molecule has 7 nitrogen and oxygen atoms in total. The van der Waals surface area contributed by atoms with E-state index in [0.717, 1.165) is 5.56 Å². The molecule has 0 spiro atoms. The smallest absolute Gasteiger partial charge is 0.303 e. The summed E-state index contributed by atoms with van der Waals surface area (Å²) in [4.78, 5) is 34.4. The first-order valence-electron chi connectivity index (χ1n) is 7.60. The maximum absolute atomic E-state index is 12.2. The van der Waals surface area contributed by atoms with Gasteiger partial charge in [-0.25, -0.2) is 0 Å². The highest BCUT2D eigenvalue weighted by atomic mass is 16.7. The van der Waals surface area contributed by atoms with E-state index in [0.29, 0.717) is 0 Å². The number of rotatable bonds is 6. The summed E-state index contributed by atoms with van der Waals surface area (Å²) in [5.41, 5.74) is 0.937. The molecule has 1 fully saturated rings. The Hall–Kier alpha value is -2.25. The van der Waals surface area contributed by atoms with Crippen LogP contribution in [0.4, 0.5) is 0 Å². The molecule has 130 valence electrons. The SMILES string of the molecule is CC(=O)OC[C@H]1O[C@H](OCc2ccccc2)CC(=O)[C@@H]1OC(C)=O. The second kappa shape index (κ2) is 8.56. The Bertz CT molecular complexity index is 584. The minimum Gasteiger partial charge on any atom is -0.463 e. The van der Waals surface area contributed by atoms with E-state index in [4.69, 9.17) is 18.9 Å². The number of carbonyl (C=O) groups is 3. The van der Waals surface area contributed by atoms with Gasteiger partial charge >= 0.3 is 11.9 Å². The highest BCUT2D eigenvalue weighted by Gasteiger charge is 2.41. The first-order chi connectivity index (χ1) is 11.5. The van der Waals surface area contributed by atoms with Gasteiger partial charge in [-0.2, -0.15) is 0 Å². The zero-order valence-electron chi connectivity index (χ0n) is 13.6. The van der Waals surface area contributed by atoms with Crippen LogP contribution in [0.1, 0.15) is 25.8 Å². The number of hydrogen-bond acceptors (Lipinski definition) is 7. The fraction of sp³-hybridized carbons (Fsp3) is 0.471. The highest BCUT2D eigenvalue weighted by molar-refractivity contribution is 5.86. The van der Waals surface area contributed by atoms with Crippen molar-refractivity contribution < 1.29 is 33.3 Å². The molecule has 3 atom stereocenters. The average Bonchev–Trinajstić information content (AvgIpc) is 2.54. The van der Waals surface area contributed by atoms with Crippen molar-refractivity contribution in [2.75, 3.05) is 6.61 Å². The molecule has 1 aliphatic rings. The third kappa shape index (κ3) is 5.43. The van der Waals surface area contributed by atoms with Crippen LogP contribution in [0.15, 0.2) is 30.3 Å². The van der Waals surface area contributed by atoms with Crippen LogP contribution in [-0.4, -0.2) is 42.8 Å². The lowest BCUT2D eigenvalue weighted by Gasteiger charge is -2.34. The third-order valence-electron chi connectivity index (χ3n) is 3.37. The van der Waals surface area contributed by atoms with Crippen LogP contribution in [0, 0.1) is 0 Å². The van der Waals surface area contributed by atoms with E-state index in [2.05, 4.69) is 0 Å². The molecule has 0 N–H and O–H groups in total. The zero-order chi connectivity index (χ0) is 17.5. The van der Waals surface area contributed by atoms with Gasteiger partial charge in [0, 0.05) is 13.8 Å². The molecule has 1 aromatic carbocycles. The van der Waals surface area contributed by atoms with Crippen molar-refractivity contribution in [3.05, 3.63) is 35.9 Å². The van der Waals surface area contributed by atoms with E-state index in [9.17, 15) is 14.4 Å². The quantitative estimate of drug-likeness (QED) is 0.725. The van der Waals surface area contributed by atoms with E-state index < -0.39 is 30.4 Å². The predicted molar refractivity (Wildman–Crippen MR) is 81.7 cm³/mol. The highest BCUT2D eigenvalue weighted by Crippen LogP contribution is 2.22. The molecular formula is C17H20O7. The molecule has 0 aromatic heterocycles. The molecule has 0 bridgehead atoms. The van der Waals surface area contributed by atoms with E-state index in [1.54, 1.807) is 0 Å². The van der Waals surface area contributed by atoms with Crippen molar-refractivity contribution >= 4 is 17.7 Å². The molecular weight excluding hydrogens is 316 g/mol. The number of ether oxygens (including phenoxy) is 4. The molecule has 0 aliphatic carbocycles. The third-order valence-corrected chi connectivity index (χ3v) is 3.37. The maximum atomic E-state index is 12.2. The molecule has 0 amide bonds. The minimum atomic E-state index is -1.10. The Morgan fingerprint density at radius 2 is 1.88 bits per heavy atom. The summed E-state index contributed by atoms with van der Waals surface area (Å²) >= 11 is 0. The summed E-state index contributed by atoms with van der Waals surface area (Å²) in [6.45, 7) is 2.53. The van der Waals surface area contributed by atoms with Gasteiger partial charge in [0.1, 0.15) is 12.7 Å². The maximum Gasteiger partial charge on any atom is 0.303 e. The summed E-state index contributed by atoms with van der Waals surface area (Å²) in [5.74, 6) is -1.44. The lowest BCUT2D eigenvalue weighted by molar-refractivity contribution is -0.234. The monoisotopic (exact) mass is 336 g/mol. The van der Waals surface area contributed by atoms with Gasteiger partial charge in [0.2, 0.25) is 0 Å². The summed E-state index contributed by atoms with van der Waals surface area (Å²) in [6, 6.07) is 9.44. The lowest BCUT2D eigenvalue weighted by atomic mass is 10.0. The fourth-order valence-corrected chi connectivity index (χ4v) is 2.31. The van der Waals surface area contributed by atoms with Crippen LogP contribution < -0.4 is 0 Å². The minimum absolute atomic E-state index is 0.0403. The molecule has 1 heterocycles. The molecule has 7 heteroatoms. The van der Waals surface area contributed by atoms with Crippen LogP contribution in [0.3, 0.4) is 0 Å². The molecule has 1 aliphatic heterocycles. The van der Waals surface area contributed by atoms with Crippen LogP contribution in [0.2, 0.25) is 0 Å². The van der Waals surface area contributed by atoms with E-state index in [1.807, 2.05) is 30.3 Å². The first kappa shape index (κ1) is 18.1. The molecule has 0 radical (unpaired) electrons. The lowest BCUT2D eigenvalue weighted by Crippen LogP contribution is -2.50. The van der Waals surface area contributed by atoms with Gasteiger partial charge in [-0.3, -0.25) is 14.4 Å². The van der Waals surface area contributed by atoms with Crippen molar-refractivity contribution in [2.24, 2.45) is 0 Å². The second-order valence-electron chi connectivity index (χ2n) is 5.40. The normalized spacial score (nSPS) is 23.6. The van der Waals surface area contributed by atoms with Crippen molar-refractivity contribution in [3.8, 4) is 0 Å². The molecule has 1 aromatic rings. The molecule has 1 saturated heterocycles. The van der Waals surface area contributed by atoms with Gasteiger partial charge in [-0.15, -0.1) is 0 Å². The van der Waals surface area contributed by atoms with Crippen LogP contribution in [0.5, 0.6) is 0 Å². The Morgan fingerprint density at radius 1 is 1.17 bits per heavy atom. The van der Waals surface area contributed by atoms with Crippen molar-refractivity contribution in [3.63, 3.8) is 0 Å². The van der Waals surface area contributed by atoms with E-state index >= 15 is 0 Å². The summed E-state index contributed by atoms with van der Waals surface area (Å²) < 4.78 is 21.1. The Kier molecular flexibility index (Phi) is 6.45. The zero-order valence-corrected chi connectivity index (χ0v) is 13.6. The molecule has 0 saturated carbocycles. The van der Waals surface area contributed by atoms with Gasteiger partial charge in [0.05, 0.1) is 13.0 Å². The molecule has 2 rings (SSSR count). The number of ketones is 1. The van der Waals surface area contributed by atoms with Gasteiger partial charge in [-0.1, -0.05) is 30.3 Å². The largest absolute Gasteiger partial charge is 0.463 e. The van der Waals surface area contributed by atoms with Gasteiger partial charge < -0.3 is 18.9 Å². The second-order valence-corrected chi connectivity index (χ2v) is 5.40. The summed E-state index contributed by atoms with van der Waals surface area (Å²) in [7, 11) is 0. The standard InChI is InChI=1S/C17H20O7/c1-11(18)21-10-15-17(23-12(2)19)14(20)8-16(24-15)22-9-13-6-4-3-5-7-13/h3-7,15-17H,8-10H2,1-2H3/t15-,16+,17+/m1/s1. The first-order valence-corrected chi connectivity index (χ1v) is 7.60. The molecule has 0 unspecified atom stereocenters. The topological polar surface area (TPSA) is 88.1 Å². The number of hydrogen-bond donors (Lipinski definition) is 0. The Balaban J connectivity index is 1.98. The van der Waals surface area contributed by atoms with Crippen LogP contribution >= 0.6 is 0 Å².